The summed E-state index contributed by atoms with van der Waals surface area (Å²) in [4.78, 5) is 10.9. The molecule has 0 heterocycles. The Morgan fingerprint density at radius 1 is 0.762 bits per heavy atom. The topological polar surface area (TPSA) is 26.3 Å². The zero-order chi connectivity index (χ0) is 15.6. The highest BCUT2D eigenvalue weighted by atomic mass is 16.5. The minimum absolute atomic E-state index is 0.0929. The molecule has 2 nitrogen and oxygen atoms in total. The van der Waals surface area contributed by atoms with Gasteiger partial charge in [0.1, 0.15) is 0 Å². The molecule has 0 rings (SSSR count). The summed E-state index contributed by atoms with van der Waals surface area (Å²) in [5.74, 6) is 12.6. The third-order valence-electron chi connectivity index (χ3n) is 3.16. The van der Waals surface area contributed by atoms with Gasteiger partial charge in [-0.15, -0.1) is 23.7 Å². The van der Waals surface area contributed by atoms with Gasteiger partial charge in [0, 0.05) is 32.1 Å². The Hall–Kier alpha value is -1.41. The summed E-state index contributed by atoms with van der Waals surface area (Å²) in [6.45, 7) is 2.15. The number of carbonyl (C=O) groups excluding carboxylic acids is 1. The summed E-state index contributed by atoms with van der Waals surface area (Å²) in [5, 5.41) is 0. The molecule has 0 aliphatic heterocycles. The minimum atomic E-state index is -0.0929. The lowest BCUT2D eigenvalue weighted by Crippen LogP contribution is -1.99. The van der Waals surface area contributed by atoms with Crippen LogP contribution in [0, 0.1) is 23.7 Å². The lowest BCUT2D eigenvalue weighted by atomic mass is 10.1. The molecule has 0 aromatic heterocycles. The molecule has 118 valence electrons. The largest absolute Gasteiger partial charge is 0.469 e. The molecule has 0 aliphatic carbocycles. The van der Waals surface area contributed by atoms with Crippen molar-refractivity contribution in [3.8, 4) is 23.7 Å². The fourth-order valence-corrected chi connectivity index (χ4v) is 1.90. The molecule has 0 amide bonds. The van der Waals surface area contributed by atoms with Gasteiger partial charge in [-0.25, -0.2) is 0 Å². The molecular weight excluding hydrogens is 260 g/mol. The summed E-state index contributed by atoms with van der Waals surface area (Å²) in [6.07, 6.45) is 12.5. The average Bonchev–Trinajstić information content (AvgIpc) is 2.50. The Kier molecular flexibility index (Phi) is 15.5. The van der Waals surface area contributed by atoms with Crippen LogP contribution >= 0.6 is 0 Å². The van der Waals surface area contributed by atoms with Crippen LogP contribution in [0.1, 0.15) is 84.0 Å². The fourth-order valence-electron chi connectivity index (χ4n) is 1.90. The van der Waals surface area contributed by atoms with E-state index in [0.717, 1.165) is 44.9 Å². The van der Waals surface area contributed by atoms with E-state index in [-0.39, 0.29) is 5.97 Å². The molecule has 0 fully saturated rings. The number of carbonyl (C=O) groups is 1. The van der Waals surface area contributed by atoms with E-state index < -0.39 is 0 Å². The number of hydrogen-bond acceptors (Lipinski definition) is 2. The van der Waals surface area contributed by atoms with E-state index in [4.69, 9.17) is 0 Å². The van der Waals surface area contributed by atoms with Gasteiger partial charge in [0.25, 0.3) is 0 Å². The van der Waals surface area contributed by atoms with Gasteiger partial charge in [0.05, 0.1) is 7.11 Å². The molecule has 0 bridgehead atoms. The molecule has 0 unspecified atom stereocenters. The van der Waals surface area contributed by atoms with Crippen molar-refractivity contribution in [1.82, 2.24) is 0 Å². The first kappa shape index (κ1) is 19.6. The van der Waals surface area contributed by atoms with Crippen LogP contribution in [-0.4, -0.2) is 13.1 Å². The van der Waals surface area contributed by atoms with Crippen molar-refractivity contribution < 1.29 is 9.53 Å². The van der Waals surface area contributed by atoms with Gasteiger partial charge < -0.3 is 4.74 Å². The number of rotatable bonds is 10. The second-order valence-corrected chi connectivity index (χ2v) is 5.15. The molecule has 0 aliphatic rings. The maximum Gasteiger partial charge on any atom is 0.305 e. The smallest absolute Gasteiger partial charge is 0.305 e. The molecule has 2 heteroatoms. The molecule has 0 N–H and O–H groups in total. The SMILES string of the molecule is CCCC#CCCC#CCCCCCCCCC(=O)OC. The van der Waals surface area contributed by atoms with Crippen LogP contribution in [0.2, 0.25) is 0 Å². The summed E-state index contributed by atoms with van der Waals surface area (Å²) in [6, 6.07) is 0. The molecule has 21 heavy (non-hydrogen) atoms. The zero-order valence-electron chi connectivity index (χ0n) is 13.8. The molecule has 0 aromatic carbocycles. The third-order valence-corrected chi connectivity index (χ3v) is 3.16. The first-order valence-corrected chi connectivity index (χ1v) is 8.29. The summed E-state index contributed by atoms with van der Waals surface area (Å²) >= 11 is 0. The average molecular weight is 290 g/mol. The van der Waals surface area contributed by atoms with Gasteiger partial charge in [-0.1, -0.05) is 32.6 Å². The number of unbranched alkanes of at least 4 members (excludes halogenated alkanes) is 8. The molecule has 0 spiro atoms. The standard InChI is InChI=1S/C19H30O2/c1-3-4-5-6-7-8-9-10-11-12-13-14-15-16-17-18-19(20)21-2/h3-4,7-8,11-18H2,1-2H3. The highest BCUT2D eigenvalue weighted by Gasteiger charge is 1.98. The first-order valence-electron chi connectivity index (χ1n) is 8.29. The van der Waals surface area contributed by atoms with Crippen molar-refractivity contribution >= 4 is 5.97 Å². The van der Waals surface area contributed by atoms with Crippen molar-refractivity contribution in [3.05, 3.63) is 0 Å². The van der Waals surface area contributed by atoms with Crippen molar-refractivity contribution in [3.63, 3.8) is 0 Å². The number of hydrogen-bond donors (Lipinski definition) is 0. The lowest BCUT2D eigenvalue weighted by molar-refractivity contribution is -0.140. The van der Waals surface area contributed by atoms with Crippen LogP contribution in [0.15, 0.2) is 0 Å². The van der Waals surface area contributed by atoms with Crippen molar-refractivity contribution in [2.75, 3.05) is 7.11 Å². The molecular formula is C19H30O2. The Labute approximate surface area is 131 Å². The van der Waals surface area contributed by atoms with Crippen molar-refractivity contribution in [1.29, 1.82) is 0 Å². The zero-order valence-corrected chi connectivity index (χ0v) is 13.8. The van der Waals surface area contributed by atoms with Crippen LogP contribution in [0.5, 0.6) is 0 Å². The third kappa shape index (κ3) is 16.5. The van der Waals surface area contributed by atoms with E-state index in [1.807, 2.05) is 0 Å². The Morgan fingerprint density at radius 2 is 1.29 bits per heavy atom. The Morgan fingerprint density at radius 3 is 1.90 bits per heavy atom. The normalized spacial score (nSPS) is 9.24. The predicted molar refractivity (Wildman–Crippen MR) is 88.6 cm³/mol. The summed E-state index contributed by atoms with van der Waals surface area (Å²) < 4.78 is 4.61. The predicted octanol–water partition coefficient (Wildman–Crippen LogP) is 4.87. The molecule has 0 aromatic rings. The van der Waals surface area contributed by atoms with E-state index in [1.54, 1.807) is 0 Å². The van der Waals surface area contributed by atoms with Crippen molar-refractivity contribution in [2.45, 2.75) is 84.0 Å². The fraction of sp³-hybridized carbons (Fsp3) is 0.737. The highest BCUT2D eigenvalue weighted by molar-refractivity contribution is 5.68. The Balaban J connectivity index is 3.23. The van der Waals surface area contributed by atoms with Gasteiger partial charge in [-0.05, 0) is 19.3 Å². The molecule has 0 radical (unpaired) electrons. The monoisotopic (exact) mass is 290 g/mol. The first-order chi connectivity index (χ1) is 10.3. The highest BCUT2D eigenvalue weighted by Crippen LogP contribution is 2.08. The van der Waals surface area contributed by atoms with Crippen LogP contribution in [0.4, 0.5) is 0 Å². The minimum Gasteiger partial charge on any atom is -0.469 e. The molecule has 0 saturated heterocycles. The molecule has 0 saturated carbocycles. The van der Waals surface area contributed by atoms with Crippen LogP contribution in [0.3, 0.4) is 0 Å². The second-order valence-electron chi connectivity index (χ2n) is 5.15. The van der Waals surface area contributed by atoms with Gasteiger partial charge in [0.2, 0.25) is 0 Å². The van der Waals surface area contributed by atoms with Gasteiger partial charge >= 0.3 is 5.97 Å². The summed E-state index contributed by atoms with van der Waals surface area (Å²) in [7, 11) is 1.45. The van der Waals surface area contributed by atoms with E-state index in [1.165, 1.54) is 32.8 Å². The number of esters is 1. The van der Waals surface area contributed by atoms with E-state index in [0.29, 0.717) is 6.42 Å². The van der Waals surface area contributed by atoms with Crippen LogP contribution in [0.25, 0.3) is 0 Å². The number of ether oxygens (including phenoxy) is 1. The second kappa shape index (κ2) is 16.6. The van der Waals surface area contributed by atoms with Crippen molar-refractivity contribution in [2.24, 2.45) is 0 Å². The quantitative estimate of drug-likeness (QED) is 0.326. The van der Waals surface area contributed by atoms with Gasteiger partial charge in [0.15, 0.2) is 0 Å². The maximum atomic E-state index is 10.9. The van der Waals surface area contributed by atoms with Gasteiger partial charge in [-0.2, -0.15) is 0 Å². The summed E-state index contributed by atoms with van der Waals surface area (Å²) in [5.41, 5.74) is 0. The van der Waals surface area contributed by atoms with E-state index >= 15 is 0 Å². The van der Waals surface area contributed by atoms with E-state index in [9.17, 15) is 4.79 Å². The lowest BCUT2D eigenvalue weighted by Gasteiger charge is -2.00. The number of methoxy groups -OCH3 is 1. The van der Waals surface area contributed by atoms with E-state index in [2.05, 4.69) is 35.3 Å². The molecule has 0 atom stereocenters. The Bertz CT molecular complexity index is 362. The van der Waals surface area contributed by atoms with Crippen LogP contribution < -0.4 is 0 Å². The maximum absolute atomic E-state index is 10.9. The van der Waals surface area contributed by atoms with Crippen LogP contribution in [-0.2, 0) is 9.53 Å². The van der Waals surface area contributed by atoms with Gasteiger partial charge in [-0.3, -0.25) is 4.79 Å².